The highest BCUT2D eigenvalue weighted by atomic mass is 16.5. The smallest absolute Gasteiger partial charge is 0.338 e. The van der Waals surface area contributed by atoms with Gasteiger partial charge in [0, 0.05) is 11.4 Å². The summed E-state index contributed by atoms with van der Waals surface area (Å²) >= 11 is 0. The average Bonchev–Trinajstić information content (AvgIpc) is 2.66. The van der Waals surface area contributed by atoms with Gasteiger partial charge in [0.1, 0.15) is 0 Å². The molecule has 0 aliphatic carbocycles. The minimum Gasteiger partial charge on any atom is -0.462 e. The normalized spacial score (nSPS) is 10.8. The van der Waals surface area contributed by atoms with Gasteiger partial charge in [-0.15, -0.1) is 0 Å². The molecule has 0 bridgehead atoms. The Morgan fingerprint density at radius 2 is 1.48 bits per heavy atom. The summed E-state index contributed by atoms with van der Waals surface area (Å²) < 4.78 is 5.30. The molecular weight excluding hydrogens is 336 g/mol. The summed E-state index contributed by atoms with van der Waals surface area (Å²) in [7, 11) is 0. The van der Waals surface area contributed by atoms with E-state index in [1.807, 2.05) is 0 Å². The zero-order chi connectivity index (χ0) is 19.1. The number of carbonyl (C=O) groups excluding carboxylic acids is 1. The number of hydrogen-bond acceptors (Lipinski definition) is 4. The van der Waals surface area contributed by atoms with Gasteiger partial charge in [0.15, 0.2) is 0 Å². The maximum atomic E-state index is 12.0. The number of hydrogen-bond donors (Lipinski definition) is 2. The van der Waals surface area contributed by atoms with Gasteiger partial charge in [-0.05, 0) is 53.8 Å². The van der Waals surface area contributed by atoms with E-state index in [0.717, 1.165) is 32.1 Å². The first-order valence-corrected chi connectivity index (χ1v) is 9.43. The van der Waals surface area contributed by atoms with Crippen molar-refractivity contribution in [1.82, 2.24) is 0 Å². The largest absolute Gasteiger partial charge is 0.462 e. The Labute approximate surface area is 160 Å². The van der Waals surface area contributed by atoms with Crippen LogP contribution in [0.2, 0.25) is 0 Å². The molecule has 4 heteroatoms. The Bertz CT molecular complexity index is 901. The number of nitrogen functional groups attached to an aromatic ring is 2. The molecule has 140 valence electrons. The molecule has 0 amide bonds. The van der Waals surface area contributed by atoms with Crippen LogP contribution in [0.15, 0.2) is 60.7 Å². The predicted octanol–water partition coefficient (Wildman–Crippen LogP) is 4.96. The number of rotatable bonds is 8. The van der Waals surface area contributed by atoms with Crippen LogP contribution in [-0.4, -0.2) is 12.6 Å². The van der Waals surface area contributed by atoms with E-state index in [1.54, 1.807) is 18.2 Å². The van der Waals surface area contributed by atoms with Gasteiger partial charge in [0.05, 0.1) is 12.2 Å². The number of esters is 1. The van der Waals surface area contributed by atoms with Crippen LogP contribution >= 0.6 is 0 Å². The summed E-state index contributed by atoms with van der Waals surface area (Å²) in [5.41, 5.74) is 14.1. The van der Waals surface area contributed by atoms with Crippen molar-refractivity contribution in [1.29, 1.82) is 0 Å². The molecule has 0 saturated carbocycles. The Balaban J connectivity index is 1.33. The summed E-state index contributed by atoms with van der Waals surface area (Å²) in [4.78, 5) is 12.0. The van der Waals surface area contributed by atoms with E-state index in [2.05, 4.69) is 42.5 Å². The second kappa shape index (κ2) is 9.08. The lowest BCUT2D eigenvalue weighted by atomic mass is 10.0. The number of nitrogens with two attached hydrogens (primary N) is 2. The van der Waals surface area contributed by atoms with Crippen LogP contribution in [0.5, 0.6) is 0 Å². The summed E-state index contributed by atoms with van der Waals surface area (Å²) in [6.45, 7) is 0.420. The number of carbonyl (C=O) groups is 1. The molecule has 0 unspecified atom stereocenters. The molecular formula is C23H26N2O2. The van der Waals surface area contributed by atoms with Gasteiger partial charge >= 0.3 is 5.97 Å². The fourth-order valence-electron chi connectivity index (χ4n) is 3.22. The number of aryl methyl sites for hydroxylation is 1. The van der Waals surface area contributed by atoms with Crippen molar-refractivity contribution in [3.63, 3.8) is 0 Å². The minimum absolute atomic E-state index is 0.370. The lowest BCUT2D eigenvalue weighted by Gasteiger charge is -2.07. The molecule has 0 atom stereocenters. The summed E-state index contributed by atoms with van der Waals surface area (Å²) in [6, 6.07) is 19.9. The molecule has 0 saturated heterocycles. The van der Waals surface area contributed by atoms with Crippen molar-refractivity contribution in [2.45, 2.75) is 32.1 Å². The summed E-state index contributed by atoms with van der Waals surface area (Å²) in [5.74, 6) is -0.370. The minimum atomic E-state index is -0.370. The molecule has 0 aliphatic rings. The van der Waals surface area contributed by atoms with Crippen LogP contribution in [-0.2, 0) is 11.2 Å². The number of ether oxygens (including phenoxy) is 1. The highest BCUT2D eigenvalue weighted by Crippen LogP contribution is 2.18. The molecule has 4 nitrogen and oxygen atoms in total. The second-order valence-electron chi connectivity index (χ2n) is 6.87. The van der Waals surface area contributed by atoms with E-state index in [4.69, 9.17) is 16.2 Å². The Morgan fingerprint density at radius 3 is 2.26 bits per heavy atom. The number of unbranched alkanes of at least 4 members (excludes halogenated alkanes) is 3. The molecule has 3 aromatic rings. The number of anilines is 2. The molecule has 0 fully saturated rings. The molecule has 0 radical (unpaired) electrons. The standard InChI is InChI=1S/C23H26N2O2/c24-21-14-20(15-22(25)16-21)23(26)27-12-6-2-1-3-7-17-10-11-18-8-4-5-9-19(18)13-17/h4-5,8-11,13-16H,1-3,6-7,12,24-25H2. The van der Waals surface area contributed by atoms with Gasteiger partial charge in [-0.3, -0.25) is 0 Å². The van der Waals surface area contributed by atoms with Crippen LogP contribution in [0.4, 0.5) is 11.4 Å². The molecule has 27 heavy (non-hydrogen) atoms. The maximum Gasteiger partial charge on any atom is 0.338 e. The molecule has 0 aliphatic heterocycles. The van der Waals surface area contributed by atoms with Crippen molar-refractivity contribution in [3.8, 4) is 0 Å². The third-order valence-corrected chi connectivity index (χ3v) is 4.62. The van der Waals surface area contributed by atoms with Crippen LogP contribution < -0.4 is 11.5 Å². The zero-order valence-corrected chi connectivity index (χ0v) is 15.5. The Hall–Kier alpha value is -3.01. The lowest BCUT2D eigenvalue weighted by Crippen LogP contribution is -2.07. The van der Waals surface area contributed by atoms with Crippen LogP contribution in [0.3, 0.4) is 0 Å². The zero-order valence-electron chi connectivity index (χ0n) is 15.5. The first-order valence-electron chi connectivity index (χ1n) is 9.43. The van der Waals surface area contributed by atoms with E-state index in [1.165, 1.54) is 16.3 Å². The fraction of sp³-hybridized carbons (Fsp3) is 0.261. The fourth-order valence-corrected chi connectivity index (χ4v) is 3.22. The monoisotopic (exact) mass is 362 g/mol. The average molecular weight is 362 g/mol. The third kappa shape index (κ3) is 5.48. The van der Waals surface area contributed by atoms with Gasteiger partial charge < -0.3 is 16.2 Å². The van der Waals surface area contributed by atoms with Crippen molar-refractivity contribution >= 4 is 28.1 Å². The van der Waals surface area contributed by atoms with Gasteiger partial charge in [0.25, 0.3) is 0 Å². The predicted molar refractivity (Wildman–Crippen MR) is 112 cm³/mol. The highest BCUT2D eigenvalue weighted by Gasteiger charge is 2.08. The third-order valence-electron chi connectivity index (χ3n) is 4.62. The van der Waals surface area contributed by atoms with E-state index < -0.39 is 0 Å². The summed E-state index contributed by atoms with van der Waals surface area (Å²) in [5, 5.41) is 2.58. The number of fused-ring (bicyclic) bond motifs is 1. The Morgan fingerprint density at radius 1 is 0.778 bits per heavy atom. The van der Waals surface area contributed by atoms with Crippen LogP contribution in [0.1, 0.15) is 41.6 Å². The van der Waals surface area contributed by atoms with E-state index in [-0.39, 0.29) is 5.97 Å². The number of benzene rings is 3. The van der Waals surface area contributed by atoms with Crippen molar-refractivity contribution in [2.24, 2.45) is 0 Å². The van der Waals surface area contributed by atoms with E-state index in [9.17, 15) is 4.79 Å². The SMILES string of the molecule is Nc1cc(N)cc(C(=O)OCCCCCCc2ccc3ccccc3c2)c1. The highest BCUT2D eigenvalue weighted by molar-refractivity contribution is 5.91. The lowest BCUT2D eigenvalue weighted by molar-refractivity contribution is 0.0498. The van der Waals surface area contributed by atoms with Gasteiger partial charge in [-0.2, -0.15) is 0 Å². The van der Waals surface area contributed by atoms with Gasteiger partial charge in [-0.25, -0.2) is 4.79 Å². The second-order valence-corrected chi connectivity index (χ2v) is 6.87. The van der Waals surface area contributed by atoms with Gasteiger partial charge in [-0.1, -0.05) is 55.3 Å². The van der Waals surface area contributed by atoms with E-state index in [0.29, 0.717) is 23.5 Å². The van der Waals surface area contributed by atoms with Crippen LogP contribution in [0.25, 0.3) is 10.8 Å². The Kier molecular flexibility index (Phi) is 6.31. The first-order chi connectivity index (χ1) is 13.1. The molecule has 0 heterocycles. The topological polar surface area (TPSA) is 78.3 Å². The van der Waals surface area contributed by atoms with Crippen molar-refractivity contribution in [2.75, 3.05) is 18.1 Å². The quantitative estimate of drug-likeness (QED) is 0.337. The maximum absolute atomic E-state index is 12.0. The summed E-state index contributed by atoms with van der Waals surface area (Å²) in [6.07, 6.45) is 5.24. The molecule has 0 spiro atoms. The van der Waals surface area contributed by atoms with Gasteiger partial charge in [0.2, 0.25) is 0 Å². The molecule has 4 N–H and O–H groups in total. The van der Waals surface area contributed by atoms with Crippen LogP contribution in [0, 0.1) is 0 Å². The van der Waals surface area contributed by atoms with Crippen molar-refractivity contribution < 1.29 is 9.53 Å². The van der Waals surface area contributed by atoms with E-state index >= 15 is 0 Å². The van der Waals surface area contributed by atoms with Crippen molar-refractivity contribution in [3.05, 3.63) is 71.8 Å². The molecule has 3 rings (SSSR count). The molecule has 0 aromatic heterocycles. The molecule has 3 aromatic carbocycles. The first kappa shape index (κ1) is 18.8.